The first kappa shape index (κ1) is 17.0. The van der Waals surface area contributed by atoms with E-state index in [9.17, 15) is 4.79 Å². The van der Waals surface area contributed by atoms with Crippen LogP contribution in [0.5, 0.6) is 0 Å². The van der Waals surface area contributed by atoms with Crippen molar-refractivity contribution in [3.8, 4) is 0 Å². The normalized spacial score (nSPS) is 14.9. The lowest BCUT2D eigenvalue weighted by atomic mass is 10.3. The summed E-state index contributed by atoms with van der Waals surface area (Å²) >= 11 is 1.38. The fraction of sp³-hybridized carbons (Fsp3) is 0.500. The average Bonchev–Trinajstić information content (AvgIpc) is 3.40. The standard InChI is InChI=1S/C16H20N8OS/c25-15(11-26-16-20-21-22-24(16)12-5-1-2-6-12)17-9-8-14-19-18-13-7-3-4-10-23(13)14/h3-4,7,10,12H,1-2,5-6,8-9,11H2,(H,17,25). The molecule has 1 aliphatic carbocycles. The van der Waals surface area contributed by atoms with Crippen LogP contribution in [0.25, 0.3) is 5.65 Å². The van der Waals surface area contributed by atoms with Gasteiger partial charge in [-0.1, -0.05) is 30.7 Å². The Morgan fingerprint density at radius 2 is 2.12 bits per heavy atom. The summed E-state index contributed by atoms with van der Waals surface area (Å²) in [7, 11) is 0. The van der Waals surface area contributed by atoms with Crippen molar-refractivity contribution in [3.63, 3.8) is 0 Å². The Hall–Kier alpha value is -2.49. The van der Waals surface area contributed by atoms with Gasteiger partial charge >= 0.3 is 0 Å². The number of nitrogens with zero attached hydrogens (tertiary/aromatic N) is 7. The van der Waals surface area contributed by atoms with Gasteiger partial charge in [-0.05, 0) is 35.4 Å². The molecule has 0 spiro atoms. The molecule has 10 heteroatoms. The topological polar surface area (TPSA) is 103 Å². The zero-order valence-electron chi connectivity index (χ0n) is 14.3. The van der Waals surface area contributed by atoms with Gasteiger partial charge in [0.05, 0.1) is 11.8 Å². The van der Waals surface area contributed by atoms with Crippen LogP contribution < -0.4 is 5.32 Å². The molecule has 26 heavy (non-hydrogen) atoms. The van der Waals surface area contributed by atoms with Crippen LogP contribution in [0, 0.1) is 0 Å². The molecule has 3 aromatic rings. The molecule has 9 nitrogen and oxygen atoms in total. The summed E-state index contributed by atoms with van der Waals surface area (Å²) in [6.07, 6.45) is 7.19. The minimum Gasteiger partial charge on any atom is -0.355 e. The first-order valence-electron chi connectivity index (χ1n) is 8.77. The van der Waals surface area contributed by atoms with Crippen LogP contribution in [0.2, 0.25) is 0 Å². The van der Waals surface area contributed by atoms with Crippen LogP contribution in [0.3, 0.4) is 0 Å². The largest absolute Gasteiger partial charge is 0.355 e. The minimum absolute atomic E-state index is 0.0372. The Labute approximate surface area is 154 Å². The molecule has 0 radical (unpaired) electrons. The number of rotatable bonds is 7. The molecule has 3 heterocycles. The molecular weight excluding hydrogens is 352 g/mol. The van der Waals surface area contributed by atoms with Gasteiger partial charge in [0.15, 0.2) is 5.65 Å². The first-order valence-corrected chi connectivity index (χ1v) is 9.76. The van der Waals surface area contributed by atoms with Gasteiger partial charge in [-0.25, -0.2) is 4.68 Å². The lowest BCUT2D eigenvalue weighted by Crippen LogP contribution is -2.28. The van der Waals surface area contributed by atoms with Gasteiger partial charge in [-0.3, -0.25) is 9.20 Å². The van der Waals surface area contributed by atoms with Crippen molar-refractivity contribution in [3.05, 3.63) is 30.2 Å². The monoisotopic (exact) mass is 372 g/mol. The van der Waals surface area contributed by atoms with Gasteiger partial charge in [0.25, 0.3) is 0 Å². The summed E-state index contributed by atoms with van der Waals surface area (Å²) in [4.78, 5) is 12.1. The smallest absolute Gasteiger partial charge is 0.230 e. The molecule has 0 bridgehead atoms. The molecule has 0 saturated heterocycles. The summed E-state index contributed by atoms with van der Waals surface area (Å²) in [6.45, 7) is 0.517. The molecule has 1 amide bonds. The quantitative estimate of drug-likeness (QED) is 0.623. The second-order valence-corrected chi connectivity index (χ2v) is 7.22. The van der Waals surface area contributed by atoms with E-state index in [-0.39, 0.29) is 5.91 Å². The van der Waals surface area contributed by atoms with Crippen molar-refractivity contribution in [1.82, 2.24) is 40.1 Å². The highest BCUT2D eigenvalue weighted by Gasteiger charge is 2.22. The maximum atomic E-state index is 12.1. The lowest BCUT2D eigenvalue weighted by molar-refractivity contribution is -0.118. The van der Waals surface area contributed by atoms with Crippen molar-refractivity contribution in [2.75, 3.05) is 12.3 Å². The Kier molecular flexibility index (Phi) is 5.09. The predicted octanol–water partition coefficient (Wildman–Crippen LogP) is 1.28. The second-order valence-electron chi connectivity index (χ2n) is 6.28. The third-order valence-corrected chi connectivity index (χ3v) is 5.45. The molecule has 1 fully saturated rings. The lowest BCUT2D eigenvalue weighted by Gasteiger charge is -2.10. The molecule has 1 aliphatic rings. The Balaban J connectivity index is 1.25. The molecule has 136 valence electrons. The van der Waals surface area contributed by atoms with Gasteiger partial charge in [-0.2, -0.15) is 0 Å². The maximum absolute atomic E-state index is 12.1. The summed E-state index contributed by atoms with van der Waals surface area (Å²) in [6, 6.07) is 6.13. The third-order valence-electron chi connectivity index (χ3n) is 4.52. The third kappa shape index (κ3) is 3.69. The molecule has 0 unspecified atom stereocenters. The number of carbonyl (C=O) groups is 1. The van der Waals surface area contributed by atoms with Crippen LogP contribution in [0.1, 0.15) is 37.5 Å². The fourth-order valence-corrected chi connectivity index (χ4v) is 3.99. The van der Waals surface area contributed by atoms with Crippen LogP contribution in [0.15, 0.2) is 29.6 Å². The number of thioether (sulfide) groups is 1. The highest BCUT2D eigenvalue weighted by atomic mass is 32.2. The number of pyridine rings is 1. The van der Waals surface area contributed by atoms with Crippen molar-refractivity contribution in [1.29, 1.82) is 0 Å². The number of fused-ring (bicyclic) bond motifs is 1. The SMILES string of the molecule is O=C(CSc1nnnn1C1CCCC1)NCCc1nnc2ccccn12. The predicted molar refractivity (Wildman–Crippen MR) is 95.7 cm³/mol. The highest BCUT2D eigenvalue weighted by molar-refractivity contribution is 7.99. The summed E-state index contributed by atoms with van der Waals surface area (Å²) in [5, 5.41) is 23.8. The number of hydrogen-bond donors (Lipinski definition) is 1. The van der Waals surface area contributed by atoms with Gasteiger partial charge in [0.1, 0.15) is 5.82 Å². The van der Waals surface area contributed by atoms with E-state index in [0.29, 0.717) is 24.8 Å². The van der Waals surface area contributed by atoms with Crippen molar-refractivity contribution < 1.29 is 4.79 Å². The van der Waals surface area contributed by atoms with Gasteiger partial charge in [0.2, 0.25) is 11.1 Å². The van der Waals surface area contributed by atoms with E-state index in [4.69, 9.17) is 0 Å². The molecule has 0 atom stereocenters. The van der Waals surface area contributed by atoms with E-state index >= 15 is 0 Å². The van der Waals surface area contributed by atoms with Crippen LogP contribution in [-0.2, 0) is 11.2 Å². The summed E-state index contributed by atoms with van der Waals surface area (Å²) in [5.74, 6) is 1.09. The van der Waals surface area contributed by atoms with E-state index in [1.807, 2.05) is 33.5 Å². The van der Waals surface area contributed by atoms with Crippen molar-refractivity contribution in [2.24, 2.45) is 0 Å². The number of amides is 1. The number of aromatic nitrogens is 7. The number of hydrogen-bond acceptors (Lipinski definition) is 7. The van der Waals surface area contributed by atoms with E-state index in [1.54, 1.807) is 0 Å². The molecular formula is C16H20N8OS. The molecule has 4 rings (SSSR count). The molecule has 3 aromatic heterocycles. The average molecular weight is 372 g/mol. The van der Waals surface area contributed by atoms with Crippen molar-refractivity contribution in [2.45, 2.75) is 43.3 Å². The second kappa shape index (κ2) is 7.81. The Morgan fingerprint density at radius 1 is 1.23 bits per heavy atom. The number of tetrazole rings is 1. The van der Waals surface area contributed by atoms with Gasteiger partial charge < -0.3 is 5.32 Å². The molecule has 1 saturated carbocycles. The summed E-state index contributed by atoms with van der Waals surface area (Å²) < 4.78 is 3.80. The molecule has 1 N–H and O–H groups in total. The van der Waals surface area contributed by atoms with Crippen LogP contribution in [-0.4, -0.2) is 53.0 Å². The maximum Gasteiger partial charge on any atom is 0.230 e. The fourth-order valence-electron chi connectivity index (χ4n) is 3.21. The zero-order chi connectivity index (χ0) is 17.8. The van der Waals surface area contributed by atoms with Crippen molar-refractivity contribution >= 4 is 23.3 Å². The number of nitrogens with one attached hydrogen (secondary N) is 1. The summed E-state index contributed by atoms with van der Waals surface area (Å²) in [5.41, 5.74) is 0.808. The molecule has 0 aliphatic heterocycles. The first-order chi connectivity index (χ1) is 12.8. The Morgan fingerprint density at radius 3 is 3.00 bits per heavy atom. The van der Waals surface area contributed by atoms with Crippen LogP contribution in [0.4, 0.5) is 0 Å². The zero-order valence-corrected chi connectivity index (χ0v) is 15.1. The highest BCUT2D eigenvalue weighted by Crippen LogP contribution is 2.31. The van der Waals surface area contributed by atoms with E-state index < -0.39 is 0 Å². The Bertz CT molecular complexity index is 885. The molecule has 0 aromatic carbocycles. The van der Waals surface area contributed by atoms with E-state index in [2.05, 4.69) is 31.0 Å². The van der Waals surface area contributed by atoms with E-state index in [1.165, 1.54) is 24.6 Å². The van der Waals surface area contributed by atoms with Gasteiger partial charge in [-0.15, -0.1) is 15.3 Å². The van der Waals surface area contributed by atoms with E-state index in [0.717, 1.165) is 29.5 Å². The minimum atomic E-state index is -0.0372. The van der Waals surface area contributed by atoms with Crippen LogP contribution >= 0.6 is 11.8 Å². The van der Waals surface area contributed by atoms with Gasteiger partial charge in [0, 0.05) is 19.2 Å². The number of carbonyl (C=O) groups excluding carboxylic acids is 1.